The predicted octanol–water partition coefficient (Wildman–Crippen LogP) is -1.05. The highest BCUT2D eigenvalue weighted by molar-refractivity contribution is 14.1. The number of nitrogens with one attached hydrogen (secondary N) is 1. The van der Waals surface area contributed by atoms with Gasteiger partial charge in [0, 0.05) is 6.42 Å². The van der Waals surface area contributed by atoms with Crippen LogP contribution in [0.5, 0.6) is 0 Å². The highest BCUT2D eigenvalue weighted by Crippen LogP contribution is 2.37. The molecular weight excluding hydrogens is 395 g/mol. The summed E-state index contributed by atoms with van der Waals surface area (Å²) in [7, 11) is 0. The molecule has 0 aromatic carbocycles. The minimum Gasteiger partial charge on any atom is -0.394 e. The van der Waals surface area contributed by atoms with Gasteiger partial charge in [0.15, 0.2) is 0 Å². The smallest absolute Gasteiger partial charge is 0.326 e. The molecule has 2 aliphatic heterocycles. The van der Waals surface area contributed by atoms with Crippen LogP contribution in [0.15, 0.2) is 0 Å². The molecule has 21 heavy (non-hydrogen) atoms. The first-order valence-corrected chi connectivity index (χ1v) is 7.84. The molecule has 0 aromatic heterocycles. The Morgan fingerprint density at radius 2 is 2.10 bits per heavy atom. The number of nitrogens with zero attached hydrogens (tertiary/aromatic N) is 1. The van der Waals surface area contributed by atoms with E-state index in [9.17, 15) is 19.8 Å². The first-order chi connectivity index (χ1) is 9.88. The monoisotopic (exact) mass is 414 g/mol. The van der Waals surface area contributed by atoms with Crippen LogP contribution in [0.1, 0.15) is 19.8 Å². The summed E-state index contributed by atoms with van der Waals surface area (Å²) in [5.74, 6) is -0.442. The van der Waals surface area contributed by atoms with Gasteiger partial charge in [-0.3, -0.25) is 15.0 Å². The Hall–Kier alpha value is -0.490. The van der Waals surface area contributed by atoms with Gasteiger partial charge in [-0.15, -0.1) is 0 Å². The summed E-state index contributed by atoms with van der Waals surface area (Å²) in [4.78, 5) is 25.4. The molecule has 8 nitrogen and oxygen atoms in total. The zero-order valence-corrected chi connectivity index (χ0v) is 13.7. The second-order valence-corrected chi connectivity index (χ2v) is 7.12. The van der Waals surface area contributed by atoms with Gasteiger partial charge in [0.2, 0.25) is 5.91 Å². The molecule has 2 fully saturated rings. The predicted molar refractivity (Wildman–Crippen MR) is 79.7 cm³/mol. The fourth-order valence-corrected chi connectivity index (χ4v) is 3.42. The number of rotatable bonds is 4. The van der Waals surface area contributed by atoms with Crippen molar-refractivity contribution in [1.29, 1.82) is 0 Å². The lowest BCUT2D eigenvalue weighted by Crippen LogP contribution is -2.70. The second kappa shape index (κ2) is 6.32. The number of carbonyl (C=O) groups excluding carboxylic acids is 2. The van der Waals surface area contributed by atoms with Crippen LogP contribution in [0.4, 0.5) is 4.79 Å². The van der Waals surface area contributed by atoms with Gasteiger partial charge in [-0.25, -0.2) is 4.79 Å². The molecule has 0 bridgehead atoms. The van der Waals surface area contributed by atoms with Gasteiger partial charge < -0.3 is 20.1 Å². The van der Waals surface area contributed by atoms with Crippen LogP contribution < -0.4 is 5.32 Å². The minimum atomic E-state index is -0.966. The lowest BCUT2D eigenvalue weighted by atomic mass is 9.92. The van der Waals surface area contributed by atoms with Crippen LogP contribution in [-0.4, -0.2) is 73.3 Å². The highest BCUT2D eigenvalue weighted by atomic mass is 127. The minimum absolute atomic E-state index is 0.125. The van der Waals surface area contributed by atoms with E-state index in [1.807, 2.05) is 22.6 Å². The molecule has 5 atom stereocenters. The summed E-state index contributed by atoms with van der Waals surface area (Å²) in [5, 5.41) is 30.9. The van der Waals surface area contributed by atoms with Crippen molar-refractivity contribution in [2.45, 2.75) is 47.7 Å². The third-order valence-corrected chi connectivity index (χ3v) is 6.05. The second-order valence-electron chi connectivity index (χ2n) is 5.20. The molecule has 2 rings (SSSR count). The summed E-state index contributed by atoms with van der Waals surface area (Å²) in [6.45, 7) is 1.04. The Balaban J connectivity index is 2.28. The topological polar surface area (TPSA) is 119 Å². The number of hydrogen-bond donors (Lipinski definition) is 4. The van der Waals surface area contributed by atoms with Crippen molar-refractivity contribution in [2.24, 2.45) is 0 Å². The van der Waals surface area contributed by atoms with Crippen molar-refractivity contribution in [1.82, 2.24) is 10.2 Å². The van der Waals surface area contributed by atoms with Crippen molar-refractivity contribution >= 4 is 34.5 Å². The van der Waals surface area contributed by atoms with Crippen LogP contribution in [-0.2, 0) is 9.53 Å². The largest absolute Gasteiger partial charge is 0.394 e. The average molecular weight is 414 g/mol. The fraction of sp³-hybridized carbons (Fsp3) is 0.833. The van der Waals surface area contributed by atoms with E-state index in [-0.39, 0.29) is 13.0 Å². The van der Waals surface area contributed by atoms with Crippen LogP contribution >= 0.6 is 22.6 Å². The number of imide groups is 1. The summed E-state index contributed by atoms with van der Waals surface area (Å²) in [5.41, 5.74) is 0. The van der Waals surface area contributed by atoms with Gasteiger partial charge >= 0.3 is 6.03 Å². The first-order valence-electron chi connectivity index (χ1n) is 6.76. The van der Waals surface area contributed by atoms with Crippen LogP contribution in [0, 0.1) is 0 Å². The highest BCUT2D eigenvalue weighted by Gasteiger charge is 2.54. The standard InChI is InChI=1S/C12H19IN2O6/c1-2-12(13)8(5-17)15(11(20)14-10(12)19)9-3-6(18)7(4-16)21-9/h6-9,16-18H,2-5H2,1H3,(H,14,19,20)/t6-,7+,8-,9+,12+/m0/s1. The summed E-state index contributed by atoms with van der Waals surface area (Å²) in [6.07, 6.45) is -1.91. The fourth-order valence-electron chi connectivity index (χ4n) is 2.79. The maximum atomic E-state index is 12.1. The van der Waals surface area contributed by atoms with Gasteiger partial charge in [0.05, 0.1) is 25.4 Å². The third-order valence-electron chi connectivity index (χ3n) is 4.08. The van der Waals surface area contributed by atoms with E-state index in [1.54, 1.807) is 6.92 Å². The number of carbonyl (C=O) groups is 2. The van der Waals surface area contributed by atoms with Crippen molar-refractivity contribution in [3.63, 3.8) is 0 Å². The van der Waals surface area contributed by atoms with E-state index in [4.69, 9.17) is 9.84 Å². The van der Waals surface area contributed by atoms with Gasteiger partial charge in [-0.1, -0.05) is 29.5 Å². The Kier molecular flexibility index (Phi) is 5.08. The van der Waals surface area contributed by atoms with Gasteiger partial charge in [-0.2, -0.15) is 0 Å². The van der Waals surface area contributed by atoms with E-state index < -0.39 is 46.4 Å². The lowest BCUT2D eigenvalue weighted by molar-refractivity contribution is -0.132. The molecule has 0 saturated carbocycles. The molecule has 0 spiro atoms. The Bertz CT molecular complexity index is 436. The first kappa shape index (κ1) is 16.9. The number of alkyl halides is 1. The van der Waals surface area contributed by atoms with E-state index in [0.717, 1.165) is 0 Å². The molecule has 0 aromatic rings. The van der Waals surface area contributed by atoms with Crippen molar-refractivity contribution in [3.8, 4) is 0 Å². The third kappa shape index (κ3) is 2.77. The Morgan fingerprint density at radius 1 is 1.43 bits per heavy atom. The van der Waals surface area contributed by atoms with Gasteiger partial charge in [0.25, 0.3) is 0 Å². The molecule has 2 aliphatic rings. The van der Waals surface area contributed by atoms with Gasteiger partial charge in [-0.05, 0) is 6.42 Å². The number of ether oxygens (including phenoxy) is 1. The van der Waals surface area contributed by atoms with Crippen molar-refractivity contribution < 1.29 is 29.6 Å². The maximum absolute atomic E-state index is 12.1. The van der Waals surface area contributed by atoms with Crippen LogP contribution in [0.3, 0.4) is 0 Å². The molecular formula is C12H19IN2O6. The zero-order chi connectivity index (χ0) is 15.8. The molecule has 3 amide bonds. The number of amides is 3. The molecule has 2 heterocycles. The molecule has 9 heteroatoms. The Labute approximate surface area is 135 Å². The molecule has 4 N–H and O–H groups in total. The maximum Gasteiger partial charge on any atom is 0.326 e. The SMILES string of the molecule is CC[C@]1(I)C(=O)NC(=O)N([C@H]2C[C@H](O)[C@@H](CO)O2)[C@H]1CO. The molecule has 0 radical (unpaired) electrons. The Morgan fingerprint density at radius 3 is 2.57 bits per heavy atom. The number of aliphatic hydroxyl groups excluding tert-OH is 3. The van der Waals surface area contributed by atoms with E-state index in [2.05, 4.69) is 5.32 Å². The number of hydrogen-bond acceptors (Lipinski definition) is 6. The summed E-state index contributed by atoms with van der Waals surface area (Å²) in [6, 6.07) is -1.41. The lowest BCUT2D eigenvalue weighted by Gasteiger charge is -2.46. The van der Waals surface area contributed by atoms with E-state index in [0.29, 0.717) is 6.42 Å². The quantitative estimate of drug-likeness (QED) is 0.345. The van der Waals surface area contributed by atoms with E-state index in [1.165, 1.54) is 4.90 Å². The number of halogens is 1. The van der Waals surface area contributed by atoms with Crippen molar-refractivity contribution in [3.05, 3.63) is 0 Å². The molecule has 120 valence electrons. The average Bonchev–Trinajstić information content (AvgIpc) is 2.82. The number of aliphatic hydroxyl groups is 3. The van der Waals surface area contributed by atoms with Gasteiger partial charge in [0.1, 0.15) is 15.8 Å². The van der Waals surface area contributed by atoms with E-state index >= 15 is 0 Å². The molecule has 0 aliphatic carbocycles. The summed E-state index contributed by atoms with van der Waals surface area (Å²) < 4.78 is 4.51. The van der Waals surface area contributed by atoms with Crippen LogP contribution in [0.2, 0.25) is 0 Å². The molecule has 2 saturated heterocycles. The van der Waals surface area contributed by atoms with Crippen LogP contribution in [0.25, 0.3) is 0 Å². The molecule has 0 unspecified atom stereocenters. The van der Waals surface area contributed by atoms with Crippen molar-refractivity contribution in [2.75, 3.05) is 13.2 Å². The normalized spacial score (nSPS) is 40.5. The summed E-state index contributed by atoms with van der Waals surface area (Å²) >= 11 is 1.94. The number of urea groups is 1. The zero-order valence-electron chi connectivity index (χ0n) is 11.5.